The molecule has 1 rings (SSSR count). The molecule has 1 aromatic carbocycles. The van der Waals surface area contributed by atoms with Gasteiger partial charge in [0.25, 0.3) is 0 Å². The van der Waals surface area contributed by atoms with Gasteiger partial charge in [0, 0.05) is 6.61 Å². The number of nitrogen functional groups attached to an aromatic ring is 1. The van der Waals surface area contributed by atoms with E-state index in [2.05, 4.69) is 19.2 Å². The monoisotopic (exact) mass is 236 g/mol. The average Bonchev–Trinajstić information content (AvgIpc) is 2.27. The number of rotatable bonds is 6. The molecule has 94 valence electrons. The Morgan fingerprint density at radius 3 is 2.76 bits per heavy atom. The van der Waals surface area contributed by atoms with E-state index in [-0.39, 0.29) is 12.5 Å². The fourth-order valence-corrected chi connectivity index (χ4v) is 1.28. The molecule has 4 nitrogen and oxygen atoms in total. The van der Waals surface area contributed by atoms with Gasteiger partial charge in [-0.15, -0.1) is 0 Å². The van der Waals surface area contributed by atoms with Gasteiger partial charge in [-0.1, -0.05) is 26.0 Å². The van der Waals surface area contributed by atoms with Crippen LogP contribution in [0, 0.1) is 5.92 Å². The van der Waals surface area contributed by atoms with Crippen molar-refractivity contribution in [2.45, 2.75) is 20.3 Å². The molecular weight excluding hydrogens is 216 g/mol. The number of hydrogen-bond acceptors (Lipinski definition) is 3. The number of anilines is 2. The molecular formula is C13H20N2O2. The van der Waals surface area contributed by atoms with Gasteiger partial charge in [-0.25, -0.2) is 0 Å². The highest BCUT2D eigenvalue weighted by Gasteiger charge is 2.04. The van der Waals surface area contributed by atoms with Gasteiger partial charge in [-0.05, 0) is 24.5 Å². The summed E-state index contributed by atoms with van der Waals surface area (Å²) in [4.78, 5) is 11.5. The molecule has 1 amide bonds. The second kappa shape index (κ2) is 6.91. The lowest BCUT2D eigenvalue weighted by molar-refractivity contribution is -0.120. The molecule has 0 aliphatic heterocycles. The van der Waals surface area contributed by atoms with Gasteiger partial charge in [0.2, 0.25) is 5.91 Å². The number of nitrogens with two attached hydrogens (primary N) is 1. The molecule has 0 saturated heterocycles. The first kappa shape index (κ1) is 13.5. The van der Waals surface area contributed by atoms with Crippen LogP contribution in [0.3, 0.4) is 0 Å². The molecule has 17 heavy (non-hydrogen) atoms. The third-order valence-electron chi connectivity index (χ3n) is 2.31. The highest BCUT2D eigenvalue weighted by molar-refractivity contribution is 5.94. The molecule has 0 aliphatic carbocycles. The van der Waals surface area contributed by atoms with E-state index in [9.17, 15) is 4.79 Å². The Hall–Kier alpha value is -1.55. The number of carbonyl (C=O) groups excluding carboxylic acids is 1. The Bertz CT molecular complexity index is 364. The van der Waals surface area contributed by atoms with Crippen molar-refractivity contribution in [3.8, 4) is 0 Å². The molecule has 0 unspecified atom stereocenters. The summed E-state index contributed by atoms with van der Waals surface area (Å²) >= 11 is 0. The fraction of sp³-hybridized carbons (Fsp3) is 0.462. The molecule has 3 N–H and O–H groups in total. The summed E-state index contributed by atoms with van der Waals surface area (Å²) in [6.45, 7) is 4.92. The van der Waals surface area contributed by atoms with Crippen molar-refractivity contribution in [1.29, 1.82) is 0 Å². The lowest BCUT2D eigenvalue weighted by Gasteiger charge is -2.09. The quantitative estimate of drug-likeness (QED) is 0.588. The van der Waals surface area contributed by atoms with E-state index in [1.165, 1.54) is 0 Å². The molecule has 0 heterocycles. The van der Waals surface area contributed by atoms with Crippen LogP contribution < -0.4 is 11.1 Å². The number of nitrogens with one attached hydrogen (secondary N) is 1. The van der Waals surface area contributed by atoms with Crippen LogP contribution >= 0.6 is 0 Å². The summed E-state index contributed by atoms with van der Waals surface area (Å²) in [5.74, 6) is 0.412. The Kier molecular flexibility index (Phi) is 5.49. The molecule has 4 heteroatoms. The third kappa shape index (κ3) is 5.36. The summed E-state index contributed by atoms with van der Waals surface area (Å²) in [6.07, 6.45) is 0.959. The molecule has 0 aliphatic rings. The summed E-state index contributed by atoms with van der Waals surface area (Å²) in [7, 11) is 0. The normalized spacial score (nSPS) is 10.5. The van der Waals surface area contributed by atoms with E-state index in [0.717, 1.165) is 6.42 Å². The maximum atomic E-state index is 11.5. The van der Waals surface area contributed by atoms with Crippen LogP contribution in [0.1, 0.15) is 20.3 Å². The first-order chi connectivity index (χ1) is 8.09. The van der Waals surface area contributed by atoms with Crippen LogP contribution in [0.15, 0.2) is 24.3 Å². The number of para-hydroxylation sites is 2. The summed E-state index contributed by atoms with van der Waals surface area (Å²) in [6, 6.07) is 7.16. The SMILES string of the molecule is CC(C)CCOCC(=O)Nc1ccccc1N. The van der Waals surface area contributed by atoms with E-state index < -0.39 is 0 Å². The van der Waals surface area contributed by atoms with Crippen molar-refractivity contribution in [2.75, 3.05) is 24.3 Å². The van der Waals surface area contributed by atoms with Crippen LogP contribution in [0.5, 0.6) is 0 Å². The van der Waals surface area contributed by atoms with Crippen molar-refractivity contribution in [3.63, 3.8) is 0 Å². The van der Waals surface area contributed by atoms with Gasteiger partial charge >= 0.3 is 0 Å². The van der Waals surface area contributed by atoms with Crippen molar-refractivity contribution < 1.29 is 9.53 Å². The van der Waals surface area contributed by atoms with Crippen LogP contribution in [-0.2, 0) is 9.53 Å². The van der Waals surface area contributed by atoms with Gasteiger partial charge in [0.1, 0.15) is 6.61 Å². The molecule has 0 bridgehead atoms. The van der Waals surface area contributed by atoms with Crippen molar-refractivity contribution in [3.05, 3.63) is 24.3 Å². The standard InChI is InChI=1S/C13H20N2O2/c1-10(2)7-8-17-9-13(16)15-12-6-4-3-5-11(12)14/h3-6,10H,7-9,14H2,1-2H3,(H,15,16). The van der Waals surface area contributed by atoms with Crippen LogP contribution in [0.2, 0.25) is 0 Å². The Balaban J connectivity index is 2.28. The van der Waals surface area contributed by atoms with E-state index in [4.69, 9.17) is 10.5 Å². The molecule has 0 spiro atoms. The van der Waals surface area contributed by atoms with Gasteiger partial charge in [-0.2, -0.15) is 0 Å². The van der Waals surface area contributed by atoms with Gasteiger partial charge in [0.15, 0.2) is 0 Å². The van der Waals surface area contributed by atoms with Crippen LogP contribution in [-0.4, -0.2) is 19.1 Å². The maximum Gasteiger partial charge on any atom is 0.250 e. The summed E-state index contributed by atoms with van der Waals surface area (Å²) in [5, 5.41) is 2.71. The fourth-order valence-electron chi connectivity index (χ4n) is 1.28. The molecule has 0 fully saturated rings. The minimum atomic E-state index is -0.174. The van der Waals surface area contributed by atoms with Gasteiger partial charge in [-0.3, -0.25) is 4.79 Å². The highest BCUT2D eigenvalue weighted by atomic mass is 16.5. The second-order valence-electron chi connectivity index (χ2n) is 4.37. The van der Waals surface area contributed by atoms with Gasteiger partial charge in [0.05, 0.1) is 11.4 Å². The predicted molar refractivity (Wildman–Crippen MR) is 69.8 cm³/mol. The van der Waals surface area contributed by atoms with Crippen LogP contribution in [0.4, 0.5) is 11.4 Å². The Morgan fingerprint density at radius 1 is 1.41 bits per heavy atom. The summed E-state index contributed by atoms with van der Waals surface area (Å²) < 4.78 is 5.27. The minimum absolute atomic E-state index is 0.0705. The van der Waals surface area contributed by atoms with E-state index in [1.54, 1.807) is 12.1 Å². The predicted octanol–water partition coefficient (Wildman–Crippen LogP) is 2.27. The van der Waals surface area contributed by atoms with E-state index >= 15 is 0 Å². The Labute approximate surface area is 102 Å². The van der Waals surface area contributed by atoms with Crippen molar-refractivity contribution in [2.24, 2.45) is 5.92 Å². The number of carbonyl (C=O) groups is 1. The second-order valence-corrected chi connectivity index (χ2v) is 4.37. The molecule has 0 saturated carbocycles. The number of benzene rings is 1. The third-order valence-corrected chi connectivity index (χ3v) is 2.31. The lowest BCUT2D eigenvalue weighted by Crippen LogP contribution is -2.19. The molecule has 0 atom stereocenters. The first-order valence-electron chi connectivity index (χ1n) is 5.81. The smallest absolute Gasteiger partial charge is 0.250 e. The number of amides is 1. The highest BCUT2D eigenvalue weighted by Crippen LogP contribution is 2.16. The number of hydrogen-bond donors (Lipinski definition) is 2. The van der Waals surface area contributed by atoms with E-state index in [0.29, 0.717) is 23.9 Å². The topological polar surface area (TPSA) is 64.3 Å². The largest absolute Gasteiger partial charge is 0.397 e. The van der Waals surface area contributed by atoms with E-state index in [1.807, 2.05) is 12.1 Å². The lowest BCUT2D eigenvalue weighted by atomic mass is 10.1. The Morgan fingerprint density at radius 2 is 2.12 bits per heavy atom. The summed E-state index contributed by atoms with van der Waals surface area (Å²) in [5.41, 5.74) is 6.90. The minimum Gasteiger partial charge on any atom is -0.397 e. The van der Waals surface area contributed by atoms with Crippen LogP contribution in [0.25, 0.3) is 0 Å². The zero-order valence-electron chi connectivity index (χ0n) is 10.4. The number of ether oxygens (including phenoxy) is 1. The van der Waals surface area contributed by atoms with Gasteiger partial charge < -0.3 is 15.8 Å². The van der Waals surface area contributed by atoms with Crippen molar-refractivity contribution in [1.82, 2.24) is 0 Å². The van der Waals surface area contributed by atoms with Crippen molar-refractivity contribution >= 4 is 17.3 Å². The molecule has 0 radical (unpaired) electrons. The molecule has 0 aromatic heterocycles. The average molecular weight is 236 g/mol. The zero-order chi connectivity index (χ0) is 12.7. The maximum absolute atomic E-state index is 11.5. The molecule has 1 aromatic rings. The zero-order valence-corrected chi connectivity index (χ0v) is 10.4. The first-order valence-corrected chi connectivity index (χ1v) is 5.81.